The van der Waals surface area contributed by atoms with Gasteiger partial charge in [-0.05, 0) is 112 Å². The number of rotatable bonds is 12. The molecule has 0 aliphatic rings. The molecule has 0 aliphatic carbocycles. The number of furan rings is 1. The lowest BCUT2D eigenvalue weighted by Crippen LogP contribution is -2.23. The van der Waals surface area contributed by atoms with Gasteiger partial charge < -0.3 is 4.42 Å². The first kappa shape index (κ1) is 33.6. The predicted molar refractivity (Wildman–Crippen MR) is 248 cm³/mol. The number of aromatic nitrogens is 3. The van der Waals surface area contributed by atoms with Crippen molar-refractivity contribution in [3.63, 3.8) is 0 Å². The highest BCUT2D eigenvalue weighted by Gasteiger charge is 2.25. The molecule has 5 nitrogen and oxygen atoms in total. The Morgan fingerprint density at radius 1 is 0.557 bits per heavy atom. The minimum absolute atomic E-state index is 0.0132. The Kier molecular flexibility index (Phi) is 9.09. The molecule has 0 N–H and O–H groups in total. The number of nitrogens with zero attached hydrogens (tertiary/aromatic N) is 4. The first-order valence-electron chi connectivity index (χ1n) is 23.0. The van der Waals surface area contributed by atoms with Gasteiger partial charge in [0, 0.05) is 51.5 Å². The van der Waals surface area contributed by atoms with Gasteiger partial charge in [-0.3, -0.25) is 15.0 Å². The standard InChI is InChI=1S/C56H48N4O/c1-55(2,45-22-26-50(59-36-45)43-12-7-5-8-13-43)32-41-28-39(29-42(30-41)33-56(3,4)46-23-27-51(60-37-46)44-14-9-6-10-15-44)19-18-38-21-25-52(58-35-38)49-17-11-16-48-47-24-20-40(34-57)31-53(47)61-54(48)49/h5-17,20-31,35-37H,18-19,32-33H2,1-4H3/i18D2,19D2,31D. The van der Waals surface area contributed by atoms with Crippen LogP contribution >= 0.6 is 0 Å². The number of para-hydroxylation sites is 1. The van der Waals surface area contributed by atoms with Gasteiger partial charge in [-0.2, -0.15) is 5.26 Å². The van der Waals surface area contributed by atoms with Gasteiger partial charge in [-0.15, -0.1) is 0 Å². The monoisotopic (exact) mass is 797 g/mol. The zero-order valence-electron chi connectivity index (χ0n) is 39.7. The smallest absolute Gasteiger partial charge is 0.144 e. The molecule has 4 heterocycles. The topological polar surface area (TPSA) is 75.6 Å². The van der Waals surface area contributed by atoms with E-state index in [4.69, 9.17) is 15.8 Å². The van der Waals surface area contributed by atoms with Gasteiger partial charge in [0.2, 0.25) is 0 Å². The molecule has 0 amide bonds. The Balaban J connectivity index is 1.06. The van der Waals surface area contributed by atoms with Crippen LogP contribution in [0.2, 0.25) is 0 Å². The summed E-state index contributed by atoms with van der Waals surface area (Å²) in [6.07, 6.45) is 1.34. The van der Waals surface area contributed by atoms with E-state index in [1.54, 1.807) is 24.3 Å². The maximum Gasteiger partial charge on any atom is 0.144 e. The van der Waals surface area contributed by atoms with Gasteiger partial charge in [0.15, 0.2) is 0 Å². The predicted octanol–water partition coefficient (Wildman–Crippen LogP) is 13.5. The summed E-state index contributed by atoms with van der Waals surface area (Å²) in [6, 6.07) is 48.5. The molecule has 0 atom stereocenters. The van der Waals surface area contributed by atoms with Crippen LogP contribution in [0.25, 0.3) is 55.7 Å². The van der Waals surface area contributed by atoms with Crippen LogP contribution in [0.1, 0.15) is 73.5 Å². The fraction of sp³-hybridized carbons (Fsp3) is 0.179. The molecule has 0 fully saturated rings. The summed E-state index contributed by atoms with van der Waals surface area (Å²) in [4.78, 5) is 14.3. The van der Waals surface area contributed by atoms with E-state index in [2.05, 4.69) is 50.9 Å². The third-order valence-electron chi connectivity index (χ3n) is 11.5. The van der Waals surface area contributed by atoms with Crippen molar-refractivity contribution in [2.24, 2.45) is 0 Å². The molecule has 5 heteroatoms. The van der Waals surface area contributed by atoms with Crippen LogP contribution in [0, 0.1) is 11.3 Å². The summed E-state index contributed by atoms with van der Waals surface area (Å²) >= 11 is 0. The Bertz CT molecular complexity index is 3130. The van der Waals surface area contributed by atoms with Gasteiger partial charge in [0.05, 0.1) is 30.1 Å². The second-order valence-corrected chi connectivity index (χ2v) is 16.9. The molecule has 9 rings (SSSR count). The molecular weight excluding hydrogens is 745 g/mol. The Labute approximate surface area is 365 Å². The van der Waals surface area contributed by atoms with E-state index in [0.29, 0.717) is 40.7 Å². The van der Waals surface area contributed by atoms with E-state index in [0.717, 1.165) is 50.2 Å². The molecule has 0 bridgehead atoms. The molecule has 0 spiro atoms. The van der Waals surface area contributed by atoms with Crippen molar-refractivity contribution in [3.05, 3.63) is 209 Å². The minimum atomic E-state index is -2.51. The SMILES string of the molecule is [2H]c1c(C#N)ccc2c1oc1c(-c3ccc(C([2H])([2H])C([2H])([2H])c4cc(CC(C)(C)c5ccc(-c6ccccc6)nc5)cc(CC(C)(C)c5ccc(-c6ccccc6)nc5)c4)cn3)cccc12. The summed E-state index contributed by atoms with van der Waals surface area (Å²) in [5.41, 5.74) is 9.35. The number of nitriles is 1. The quantitative estimate of drug-likeness (QED) is 0.123. The lowest BCUT2D eigenvalue weighted by molar-refractivity contribution is 0.512. The van der Waals surface area contributed by atoms with Crippen LogP contribution in [0.4, 0.5) is 0 Å². The Morgan fingerprint density at radius 2 is 1.11 bits per heavy atom. The summed E-state index contributed by atoms with van der Waals surface area (Å²) < 4.78 is 52.9. The van der Waals surface area contributed by atoms with E-state index in [1.165, 1.54) is 6.20 Å². The second-order valence-electron chi connectivity index (χ2n) is 16.9. The maximum absolute atomic E-state index is 9.63. The van der Waals surface area contributed by atoms with Crippen molar-refractivity contribution < 1.29 is 11.3 Å². The normalized spacial score (nSPS) is 13.5. The van der Waals surface area contributed by atoms with Crippen LogP contribution in [-0.2, 0) is 36.4 Å². The third kappa shape index (κ3) is 8.49. The minimum Gasteiger partial charge on any atom is -0.455 e. The van der Waals surface area contributed by atoms with E-state index in [1.807, 2.05) is 122 Å². The average Bonchev–Trinajstić information content (AvgIpc) is 3.72. The number of benzene rings is 5. The van der Waals surface area contributed by atoms with E-state index in [-0.39, 0.29) is 22.7 Å². The van der Waals surface area contributed by atoms with Crippen LogP contribution in [0.5, 0.6) is 0 Å². The fourth-order valence-electron chi connectivity index (χ4n) is 8.18. The third-order valence-corrected chi connectivity index (χ3v) is 11.5. The highest BCUT2D eigenvalue weighted by atomic mass is 16.3. The number of pyridine rings is 3. The summed E-state index contributed by atoms with van der Waals surface area (Å²) in [5, 5.41) is 11.0. The molecule has 0 aliphatic heterocycles. The maximum atomic E-state index is 9.63. The average molecular weight is 798 g/mol. The summed E-state index contributed by atoms with van der Waals surface area (Å²) in [7, 11) is 0. The molecule has 298 valence electrons. The summed E-state index contributed by atoms with van der Waals surface area (Å²) in [5.74, 6) is 0. The molecule has 0 saturated heterocycles. The van der Waals surface area contributed by atoms with Crippen LogP contribution in [-0.4, -0.2) is 15.0 Å². The van der Waals surface area contributed by atoms with Crippen molar-refractivity contribution in [1.29, 1.82) is 5.26 Å². The van der Waals surface area contributed by atoms with Gasteiger partial charge >= 0.3 is 0 Å². The number of aryl methyl sites for hydroxylation is 2. The zero-order valence-corrected chi connectivity index (χ0v) is 34.7. The first-order chi connectivity index (χ1) is 31.6. The molecule has 9 aromatic rings. The lowest BCUT2D eigenvalue weighted by Gasteiger charge is -2.28. The van der Waals surface area contributed by atoms with Gasteiger partial charge in [0.1, 0.15) is 11.2 Å². The van der Waals surface area contributed by atoms with Crippen molar-refractivity contribution in [1.82, 2.24) is 15.0 Å². The molecule has 61 heavy (non-hydrogen) atoms. The largest absolute Gasteiger partial charge is 0.455 e. The molecular formula is C56H48N4O. The lowest BCUT2D eigenvalue weighted by atomic mass is 9.77. The molecule has 4 aromatic heterocycles. The molecule has 0 radical (unpaired) electrons. The van der Waals surface area contributed by atoms with Crippen molar-refractivity contribution in [2.75, 3.05) is 0 Å². The number of fused-ring (bicyclic) bond motifs is 3. The van der Waals surface area contributed by atoms with Gasteiger partial charge in [-0.1, -0.05) is 137 Å². The summed E-state index contributed by atoms with van der Waals surface area (Å²) in [6.45, 7) is 8.63. The number of hydrogen-bond acceptors (Lipinski definition) is 5. The highest BCUT2D eigenvalue weighted by Crippen LogP contribution is 2.36. The van der Waals surface area contributed by atoms with Gasteiger partial charge in [0.25, 0.3) is 0 Å². The van der Waals surface area contributed by atoms with Crippen molar-refractivity contribution in [2.45, 2.75) is 64.1 Å². The number of hydrogen-bond donors (Lipinski definition) is 0. The van der Waals surface area contributed by atoms with Crippen LogP contribution < -0.4 is 0 Å². The highest BCUT2D eigenvalue weighted by molar-refractivity contribution is 6.09. The second kappa shape index (κ2) is 16.5. The Hall–Kier alpha value is -7.16. The molecule has 0 unspecified atom stereocenters. The van der Waals surface area contributed by atoms with E-state index >= 15 is 0 Å². The Morgan fingerprint density at radius 3 is 1.66 bits per heavy atom. The van der Waals surface area contributed by atoms with Crippen molar-refractivity contribution >= 4 is 21.9 Å². The van der Waals surface area contributed by atoms with Gasteiger partial charge in [-0.25, -0.2) is 0 Å². The van der Waals surface area contributed by atoms with E-state index in [9.17, 15) is 10.7 Å². The van der Waals surface area contributed by atoms with Crippen molar-refractivity contribution in [3.8, 4) is 39.8 Å². The van der Waals surface area contributed by atoms with Crippen LogP contribution in [0.15, 0.2) is 175 Å². The molecule has 5 aromatic carbocycles. The first-order valence-corrected chi connectivity index (χ1v) is 20.5. The van der Waals surface area contributed by atoms with Crippen LogP contribution in [0.3, 0.4) is 0 Å². The fourth-order valence-corrected chi connectivity index (χ4v) is 8.18. The van der Waals surface area contributed by atoms with E-state index < -0.39 is 23.6 Å². The molecule has 0 saturated carbocycles. The zero-order chi connectivity index (χ0) is 46.4.